The van der Waals surface area contributed by atoms with Crippen LogP contribution in [0.15, 0.2) is 0 Å². The van der Waals surface area contributed by atoms with Gasteiger partial charge >= 0.3 is 0 Å². The molecule has 0 fully saturated rings. The van der Waals surface area contributed by atoms with Crippen LogP contribution < -0.4 is 5.32 Å². The van der Waals surface area contributed by atoms with Crippen LogP contribution in [0.1, 0.15) is 46.0 Å². The van der Waals surface area contributed by atoms with Crippen molar-refractivity contribution in [2.75, 3.05) is 19.1 Å². The van der Waals surface area contributed by atoms with Crippen molar-refractivity contribution >= 4 is 9.84 Å². The summed E-state index contributed by atoms with van der Waals surface area (Å²) in [5.74, 6) is 0.896. The van der Waals surface area contributed by atoms with E-state index in [0.29, 0.717) is 17.7 Å². The summed E-state index contributed by atoms with van der Waals surface area (Å²) in [6.07, 6.45) is 6.80. The lowest BCUT2D eigenvalue weighted by atomic mass is 9.90. The first-order valence-electron chi connectivity index (χ1n) is 6.29. The summed E-state index contributed by atoms with van der Waals surface area (Å²) in [6, 6.07) is 0.339. The topological polar surface area (TPSA) is 46.2 Å². The lowest BCUT2D eigenvalue weighted by Crippen LogP contribution is -2.35. The zero-order valence-electron chi connectivity index (χ0n) is 11.1. The molecule has 16 heavy (non-hydrogen) atoms. The molecule has 0 saturated heterocycles. The van der Waals surface area contributed by atoms with E-state index in [0.717, 1.165) is 12.8 Å². The van der Waals surface area contributed by atoms with Gasteiger partial charge in [0.25, 0.3) is 0 Å². The zero-order chi connectivity index (χ0) is 12.6. The first-order valence-corrected chi connectivity index (χ1v) is 8.35. The van der Waals surface area contributed by atoms with E-state index in [4.69, 9.17) is 0 Å². The molecule has 0 aromatic rings. The van der Waals surface area contributed by atoms with Gasteiger partial charge in [-0.2, -0.15) is 0 Å². The maximum absolute atomic E-state index is 11.1. The van der Waals surface area contributed by atoms with Gasteiger partial charge in [-0.05, 0) is 25.8 Å². The van der Waals surface area contributed by atoms with Crippen LogP contribution in [-0.2, 0) is 9.84 Å². The van der Waals surface area contributed by atoms with Crippen LogP contribution in [0.2, 0.25) is 0 Å². The van der Waals surface area contributed by atoms with Gasteiger partial charge in [-0.1, -0.05) is 33.1 Å². The van der Waals surface area contributed by atoms with Gasteiger partial charge in [0.2, 0.25) is 0 Å². The number of nitrogens with one attached hydrogen (secondary N) is 1. The summed E-state index contributed by atoms with van der Waals surface area (Å²) in [4.78, 5) is 0. The molecular weight excluding hydrogens is 222 g/mol. The molecule has 0 aliphatic rings. The van der Waals surface area contributed by atoms with Crippen LogP contribution in [0.4, 0.5) is 0 Å². The highest BCUT2D eigenvalue weighted by molar-refractivity contribution is 7.90. The summed E-state index contributed by atoms with van der Waals surface area (Å²) in [5, 5.41) is 3.27. The van der Waals surface area contributed by atoms with Gasteiger partial charge in [-0.3, -0.25) is 0 Å². The molecule has 98 valence electrons. The molecule has 2 unspecified atom stereocenters. The van der Waals surface area contributed by atoms with Crippen molar-refractivity contribution in [1.29, 1.82) is 0 Å². The standard InChI is InChI=1S/C12H27NO2S/c1-5-7-8-11(6-2)12(13-3)9-10-16(4,14)15/h11-13H,5-10H2,1-4H3. The molecule has 1 N–H and O–H groups in total. The number of hydrogen-bond donors (Lipinski definition) is 1. The molecule has 3 nitrogen and oxygen atoms in total. The Kier molecular flexibility index (Phi) is 8.02. The fraction of sp³-hybridized carbons (Fsp3) is 1.00. The van der Waals surface area contributed by atoms with E-state index >= 15 is 0 Å². The van der Waals surface area contributed by atoms with Gasteiger partial charge in [-0.15, -0.1) is 0 Å². The van der Waals surface area contributed by atoms with Gasteiger partial charge in [-0.25, -0.2) is 8.42 Å². The number of rotatable bonds is 9. The first kappa shape index (κ1) is 15.9. The zero-order valence-corrected chi connectivity index (χ0v) is 11.9. The third kappa shape index (κ3) is 7.23. The van der Waals surface area contributed by atoms with Gasteiger partial charge < -0.3 is 5.32 Å². The Labute approximate surface area is 101 Å². The van der Waals surface area contributed by atoms with Crippen molar-refractivity contribution in [2.24, 2.45) is 5.92 Å². The minimum absolute atomic E-state index is 0.293. The van der Waals surface area contributed by atoms with E-state index in [2.05, 4.69) is 19.2 Å². The minimum atomic E-state index is -2.83. The number of sulfone groups is 1. The lowest BCUT2D eigenvalue weighted by Gasteiger charge is -2.25. The molecule has 0 radical (unpaired) electrons. The number of hydrogen-bond acceptors (Lipinski definition) is 3. The van der Waals surface area contributed by atoms with Crippen molar-refractivity contribution in [3.8, 4) is 0 Å². The normalized spacial score (nSPS) is 16.0. The molecule has 0 rings (SSSR count). The monoisotopic (exact) mass is 249 g/mol. The molecule has 0 spiro atoms. The second kappa shape index (κ2) is 8.07. The predicted molar refractivity (Wildman–Crippen MR) is 70.5 cm³/mol. The maximum Gasteiger partial charge on any atom is 0.147 e. The molecule has 0 aromatic heterocycles. The maximum atomic E-state index is 11.1. The van der Waals surface area contributed by atoms with Crippen molar-refractivity contribution < 1.29 is 8.42 Å². The van der Waals surface area contributed by atoms with E-state index in [-0.39, 0.29) is 0 Å². The molecule has 0 aliphatic heterocycles. The third-order valence-electron chi connectivity index (χ3n) is 3.19. The Bertz CT molecular complexity index is 262. The van der Waals surface area contributed by atoms with Crippen LogP contribution in [0.25, 0.3) is 0 Å². The lowest BCUT2D eigenvalue weighted by molar-refractivity contribution is 0.325. The van der Waals surface area contributed by atoms with Crippen molar-refractivity contribution in [1.82, 2.24) is 5.32 Å². The van der Waals surface area contributed by atoms with E-state index in [1.807, 2.05) is 7.05 Å². The van der Waals surface area contributed by atoms with Crippen molar-refractivity contribution in [2.45, 2.75) is 52.0 Å². The highest BCUT2D eigenvalue weighted by atomic mass is 32.2. The minimum Gasteiger partial charge on any atom is -0.317 e. The van der Waals surface area contributed by atoms with Crippen LogP contribution in [-0.4, -0.2) is 33.5 Å². The molecule has 0 saturated carbocycles. The summed E-state index contributed by atoms with van der Waals surface area (Å²) >= 11 is 0. The summed E-state index contributed by atoms with van der Waals surface area (Å²) < 4.78 is 22.3. The molecule has 0 aromatic carbocycles. The van der Waals surface area contributed by atoms with Crippen LogP contribution in [0.5, 0.6) is 0 Å². The molecule has 0 amide bonds. The van der Waals surface area contributed by atoms with Crippen molar-refractivity contribution in [3.63, 3.8) is 0 Å². The molecular formula is C12H27NO2S. The van der Waals surface area contributed by atoms with E-state index in [1.165, 1.54) is 25.5 Å². The van der Waals surface area contributed by atoms with E-state index in [9.17, 15) is 8.42 Å². The molecule has 4 heteroatoms. The fourth-order valence-corrected chi connectivity index (χ4v) is 2.80. The molecule has 0 heterocycles. The fourth-order valence-electron chi connectivity index (χ4n) is 2.11. The summed E-state index contributed by atoms with van der Waals surface area (Å²) in [6.45, 7) is 4.38. The molecule has 2 atom stereocenters. The second-order valence-electron chi connectivity index (χ2n) is 4.62. The first-order chi connectivity index (χ1) is 7.44. The van der Waals surface area contributed by atoms with Crippen LogP contribution >= 0.6 is 0 Å². The van der Waals surface area contributed by atoms with Gasteiger partial charge in [0.05, 0.1) is 5.75 Å². The largest absolute Gasteiger partial charge is 0.317 e. The number of unbranched alkanes of at least 4 members (excludes halogenated alkanes) is 1. The van der Waals surface area contributed by atoms with E-state index in [1.54, 1.807) is 0 Å². The van der Waals surface area contributed by atoms with E-state index < -0.39 is 9.84 Å². The van der Waals surface area contributed by atoms with Crippen LogP contribution in [0.3, 0.4) is 0 Å². The second-order valence-corrected chi connectivity index (χ2v) is 6.88. The quantitative estimate of drug-likeness (QED) is 0.681. The summed E-state index contributed by atoms with van der Waals surface area (Å²) in [7, 11) is -0.899. The van der Waals surface area contributed by atoms with Gasteiger partial charge in [0.15, 0.2) is 0 Å². The SMILES string of the molecule is CCCCC(CC)C(CCS(C)(=O)=O)NC. The van der Waals surface area contributed by atoms with Crippen molar-refractivity contribution in [3.05, 3.63) is 0 Å². The smallest absolute Gasteiger partial charge is 0.147 e. The molecule has 0 aliphatic carbocycles. The van der Waals surface area contributed by atoms with Gasteiger partial charge in [0, 0.05) is 12.3 Å². The predicted octanol–water partition coefficient (Wildman–Crippen LogP) is 2.23. The van der Waals surface area contributed by atoms with Crippen LogP contribution in [0, 0.1) is 5.92 Å². The average molecular weight is 249 g/mol. The highest BCUT2D eigenvalue weighted by Gasteiger charge is 2.19. The Balaban J connectivity index is 4.21. The highest BCUT2D eigenvalue weighted by Crippen LogP contribution is 2.19. The Morgan fingerprint density at radius 3 is 2.19 bits per heavy atom. The Morgan fingerprint density at radius 1 is 1.19 bits per heavy atom. The average Bonchev–Trinajstić information content (AvgIpc) is 2.21. The third-order valence-corrected chi connectivity index (χ3v) is 4.17. The Hall–Kier alpha value is -0.0900. The Morgan fingerprint density at radius 2 is 1.81 bits per heavy atom. The molecule has 0 bridgehead atoms. The summed E-state index contributed by atoms with van der Waals surface area (Å²) in [5.41, 5.74) is 0. The van der Waals surface area contributed by atoms with Gasteiger partial charge in [0.1, 0.15) is 9.84 Å².